The Labute approximate surface area is 96.5 Å². The van der Waals surface area contributed by atoms with Crippen LogP contribution in [0.25, 0.3) is 0 Å². The van der Waals surface area contributed by atoms with Crippen LogP contribution in [0.1, 0.15) is 33.1 Å². The van der Waals surface area contributed by atoms with E-state index in [1.807, 2.05) is 0 Å². The van der Waals surface area contributed by atoms with E-state index < -0.39 is 0 Å². The minimum Gasteiger partial charge on any atom is -0.385 e. The molecular weight excluding hydrogens is 244 g/mol. The van der Waals surface area contributed by atoms with Crippen LogP contribution < -0.4 is 0 Å². The first-order valence-corrected chi connectivity index (χ1v) is 6.30. The first-order valence-electron chi connectivity index (χ1n) is 5.39. The van der Waals surface area contributed by atoms with Gasteiger partial charge in [-0.1, -0.05) is 29.8 Å². The number of hydrogen-bond donors (Lipinski definition) is 0. The van der Waals surface area contributed by atoms with Crippen LogP contribution in [-0.2, 0) is 9.47 Å². The van der Waals surface area contributed by atoms with Crippen LogP contribution in [0.15, 0.2) is 0 Å². The predicted octanol–water partition coefficient (Wildman–Crippen LogP) is 3.24. The predicted molar refractivity (Wildman–Crippen MR) is 64.1 cm³/mol. The standard InChI is InChI=1S/C11H23BrO2/c1-10(2)11(12)6-4-8-14-9-5-7-13-3/h10-11H,4-9H2,1-3H3. The number of halogens is 1. The molecule has 1 atom stereocenters. The molecule has 86 valence electrons. The van der Waals surface area contributed by atoms with Gasteiger partial charge < -0.3 is 9.47 Å². The van der Waals surface area contributed by atoms with E-state index in [0.717, 1.165) is 32.7 Å². The summed E-state index contributed by atoms with van der Waals surface area (Å²) in [6.45, 7) is 6.96. The second-order valence-electron chi connectivity index (χ2n) is 3.86. The van der Waals surface area contributed by atoms with Gasteiger partial charge in [0.05, 0.1) is 0 Å². The number of alkyl halides is 1. The van der Waals surface area contributed by atoms with Gasteiger partial charge in [0.1, 0.15) is 0 Å². The molecule has 1 unspecified atom stereocenters. The van der Waals surface area contributed by atoms with E-state index in [2.05, 4.69) is 29.8 Å². The SMILES string of the molecule is COCCCOCCCC(Br)C(C)C. The fraction of sp³-hybridized carbons (Fsp3) is 1.00. The third kappa shape index (κ3) is 8.97. The van der Waals surface area contributed by atoms with Crippen molar-refractivity contribution in [2.24, 2.45) is 5.92 Å². The first kappa shape index (κ1) is 14.4. The summed E-state index contributed by atoms with van der Waals surface area (Å²) in [6.07, 6.45) is 3.33. The van der Waals surface area contributed by atoms with Crippen molar-refractivity contribution in [1.82, 2.24) is 0 Å². The van der Waals surface area contributed by atoms with Crippen molar-refractivity contribution >= 4 is 15.9 Å². The summed E-state index contributed by atoms with van der Waals surface area (Å²) in [5, 5.41) is 0. The van der Waals surface area contributed by atoms with Crippen LogP contribution in [0.5, 0.6) is 0 Å². The second kappa shape index (κ2) is 9.94. The Bertz CT molecular complexity index is 118. The molecule has 0 bridgehead atoms. The quantitative estimate of drug-likeness (QED) is 0.471. The van der Waals surface area contributed by atoms with Gasteiger partial charge in [-0.2, -0.15) is 0 Å². The molecule has 0 aromatic heterocycles. The molecule has 0 saturated carbocycles. The molecule has 0 aromatic carbocycles. The number of methoxy groups -OCH3 is 1. The molecule has 0 aliphatic carbocycles. The van der Waals surface area contributed by atoms with Crippen molar-refractivity contribution in [2.45, 2.75) is 37.9 Å². The molecule has 3 heteroatoms. The maximum atomic E-state index is 5.47. The van der Waals surface area contributed by atoms with Gasteiger partial charge in [-0.3, -0.25) is 0 Å². The molecule has 0 aliphatic heterocycles. The summed E-state index contributed by atoms with van der Waals surface area (Å²) < 4.78 is 10.4. The van der Waals surface area contributed by atoms with Crippen molar-refractivity contribution in [2.75, 3.05) is 26.9 Å². The lowest BCUT2D eigenvalue weighted by Crippen LogP contribution is -2.08. The van der Waals surface area contributed by atoms with Crippen molar-refractivity contribution in [3.8, 4) is 0 Å². The highest BCUT2D eigenvalue weighted by atomic mass is 79.9. The van der Waals surface area contributed by atoms with Crippen molar-refractivity contribution < 1.29 is 9.47 Å². The summed E-state index contributed by atoms with van der Waals surface area (Å²) in [6, 6.07) is 0. The topological polar surface area (TPSA) is 18.5 Å². The summed E-state index contributed by atoms with van der Waals surface area (Å²) in [5.74, 6) is 0.712. The Balaban J connectivity index is 3.06. The zero-order valence-electron chi connectivity index (χ0n) is 9.59. The van der Waals surface area contributed by atoms with Crippen LogP contribution in [0, 0.1) is 5.92 Å². The summed E-state index contributed by atoms with van der Waals surface area (Å²) in [4.78, 5) is 0.630. The van der Waals surface area contributed by atoms with E-state index in [9.17, 15) is 0 Å². The largest absolute Gasteiger partial charge is 0.385 e. The molecule has 0 saturated heterocycles. The summed E-state index contributed by atoms with van der Waals surface area (Å²) in [5.41, 5.74) is 0. The lowest BCUT2D eigenvalue weighted by atomic mass is 10.1. The van der Waals surface area contributed by atoms with Gasteiger partial charge in [-0.05, 0) is 25.2 Å². The zero-order chi connectivity index (χ0) is 10.8. The van der Waals surface area contributed by atoms with Crippen LogP contribution >= 0.6 is 15.9 Å². The van der Waals surface area contributed by atoms with Gasteiger partial charge in [0, 0.05) is 31.8 Å². The van der Waals surface area contributed by atoms with E-state index in [1.54, 1.807) is 7.11 Å². The second-order valence-corrected chi connectivity index (χ2v) is 5.04. The number of ether oxygens (including phenoxy) is 2. The lowest BCUT2D eigenvalue weighted by molar-refractivity contribution is 0.100. The van der Waals surface area contributed by atoms with Gasteiger partial charge in [0.15, 0.2) is 0 Å². The molecule has 2 nitrogen and oxygen atoms in total. The van der Waals surface area contributed by atoms with Crippen LogP contribution in [0.4, 0.5) is 0 Å². The minimum absolute atomic E-state index is 0.630. The highest BCUT2D eigenvalue weighted by molar-refractivity contribution is 9.09. The highest BCUT2D eigenvalue weighted by Crippen LogP contribution is 2.17. The molecular formula is C11H23BrO2. The molecule has 0 aromatic rings. The molecule has 0 rings (SSSR count). The van der Waals surface area contributed by atoms with E-state index in [4.69, 9.17) is 9.47 Å². The smallest absolute Gasteiger partial charge is 0.0487 e. The lowest BCUT2D eigenvalue weighted by Gasteiger charge is -2.13. The van der Waals surface area contributed by atoms with E-state index in [-0.39, 0.29) is 0 Å². The highest BCUT2D eigenvalue weighted by Gasteiger charge is 2.07. The van der Waals surface area contributed by atoms with Gasteiger partial charge >= 0.3 is 0 Å². The molecule has 0 heterocycles. The molecule has 0 aliphatic rings. The Morgan fingerprint density at radius 3 is 2.29 bits per heavy atom. The van der Waals surface area contributed by atoms with Gasteiger partial charge in [-0.15, -0.1) is 0 Å². The number of rotatable bonds is 9. The van der Waals surface area contributed by atoms with Gasteiger partial charge in [0.25, 0.3) is 0 Å². The maximum absolute atomic E-state index is 5.47. The third-order valence-electron chi connectivity index (χ3n) is 2.13. The zero-order valence-corrected chi connectivity index (χ0v) is 11.2. The van der Waals surface area contributed by atoms with Crippen LogP contribution in [-0.4, -0.2) is 31.8 Å². The normalized spacial score (nSPS) is 13.5. The average Bonchev–Trinajstić information content (AvgIpc) is 2.16. The first-order chi connectivity index (χ1) is 6.68. The van der Waals surface area contributed by atoms with Crippen LogP contribution in [0.3, 0.4) is 0 Å². The molecule has 0 N–H and O–H groups in total. The fourth-order valence-electron chi connectivity index (χ4n) is 1.12. The molecule has 0 radical (unpaired) electrons. The van der Waals surface area contributed by atoms with Gasteiger partial charge in [0.2, 0.25) is 0 Å². The van der Waals surface area contributed by atoms with E-state index >= 15 is 0 Å². The molecule has 0 amide bonds. The summed E-state index contributed by atoms with van der Waals surface area (Å²) >= 11 is 3.66. The Morgan fingerprint density at radius 2 is 1.71 bits per heavy atom. The van der Waals surface area contributed by atoms with Crippen molar-refractivity contribution in [1.29, 1.82) is 0 Å². The monoisotopic (exact) mass is 266 g/mol. The third-order valence-corrected chi connectivity index (χ3v) is 3.64. The average molecular weight is 267 g/mol. The molecule has 0 fully saturated rings. The van der Waals surface area contributed by atoms with Crippen LogP contribution in [0.2, 0.25) is 0 Å². The number of hydrogen-bond acceptors (Lipinski definition) is 2. The summed E-state index contributed by atoms with van der Waals surface area (Å²) in [7, 11) is 1.72. The fourth-order valence-corrected chi connectivity index (χ4v) is 1.44. The Morgan fingerprint density at radius 1 is 1.07 bits per heavy atom. The minimum atomic E-state index is 0.630. The Hall–Kier alpha value is 0.400. The van der Waals surface area contributed by atoms with Crippen molar-refractivity contribution in [3.63, 3.8) is 0 Å². The Kier molecular flexibility index (Phi) is 10.2. The molecule has 0 spiro atoms. The molecule has 14 heavy (non-hydrogen) atoms. The van der Waals surface area contributed by atoms with Gasteiger partial charge in [-0.25, -0.2) is 0 Å². The maximum Gasteiger partial charge on any atom is 0.0487 e. The van der Waals surface area contributed by atoms with E-state index in [1.165, 1.54) is 6.42 Å². The van der Waals surface area contributed by atoms with Crippen molar-refractivity contribution in [3.05, 3.63) is 0 Å². The van der Waals surface area contributed by atoms with E-state index in [0.29, 0.717) is 10.7 Å².